The van der Waals surface area contributed by atoms with Crippen molar-refractivity contribution in [2.75, 3.05) is 37.6 Å². The average Bonchev–Trinajstić information content (AvgIpc) is 1.61. The number of anilines is 1. The Hall–Kier alpha value is -8.44. The Morgan fingerprint density at radius 1 is 0.816 bits per heavy atom. The molecule has 23 heteroatoms. The van der Waals surface area contributed by atoms with Crippen molar-refractivity contribution >= 4 is 96.1 Å². The van der Waals surface area contributed by atoms with Gasteiger partial charge >= 0.3 is 5.97 Å². The number of carbonyl (C=O) groups excluding carboxylic acids is 6. The smallest absolute Gasteiger partial charge is 0.305 e. The summed E-state index contributed by atoms with van der Waals surface area (Å²) in [4.78, 5) is 102. The number of hydrogen-bond acceptors (Lipinski definition) is 11. The number of carboxylic acids is 1. The lowest BCUT2D eigenvalue weighted by Crippen LogP contribution is -2.65. The lowest BCUT2D eigenvalue weighted by atomic mass is 9.79. The van der Waals surface area contributed by atoms with E-state index in [-0.39, 0.29) is 67.4 Å². The van der Waals surface area contributed by atoms with Gasteiger partial charge in [-0.1, -0.05) is 68.5 Å². The van der Waals surface area contributed by atoms with Crippen LogP contribution in [-0.4, -0.2) is 144 Å². The van der Waals surface area contributed by atoms with Crippen LogP contribution in [0.3, 0.4) is 0 Å². The standard InChI is InChI=1S/C64H79N11O11S/c1-7-73-46-29-26-40-37(2)17-14-18-42(40)55(46)63(3,4)50(73)22-10-8-11-23-51-64(5,6)56-43-19-15-21-49(87(84,85)86)41(43)27-30-47(56)74(51)32-13-9-12-24-52(76)68-35-38-33-39-25-28-48-60(82)71-44(20-16-31-67-62(65)66)58(80)69-36-53(77)70-45(34-54(78)79)59(81)72-57(38)61(83)75(39)48/h8,10-11,14-15,17-19,21-23,26-27,29-30,38-39,44-45,48,57H,7,9,12-13,16,20,24-25,28,31-36H2,1-6H3,(H10-,65,66,67,68,69,70,71,72,76,77,78,79,80,81,82,84,85,86)/p+1/t38-,39-,44-,45-,48-,57+/m0/s1. The molecule has 4 aromatic rings. The number of hydrogen-bond donors (Lipinski definition) is 9. The second-order valence-corrected chi connectivity index (χ2v) is 25.7. The van der Waals surface area contributed by atoms with E-state index in [1.807, 2.05) is 24.3 Å². The fourth-order valence-corrected chi connectivity index (χ4v) is 14.5. The van der Waals surface area contributed by atoms with Gasteiger partial charge in [-0.3, -0.25) is 43.1 Å². The number of nitrogens with one attached hydrogen (secondary N) is 5. The minimum atomic E-state index is -4.54. The zero-order valence-electron chi connectivity index (χ0n) is 50.2. The molecule has 0 unspecified atom stereocenters. The molecule has 0 spiro atoms. The van der Waals surface area contributed by atoms with Gasteiger partial charge in [-0.15, -0.1) is 0 Å². The van der Waals surface area contributed by atoms with E-state index in [9.17, 15) is 51.6 Å². The van der Waals surface area contributed by atoms with Crippen molar-refractivity contribution in [2.45, 2.75) is 152 Å². The Balaban J connectivity index is 0.897. The van der Waals surface area contributed by atoms with Crippen LogP contribution in [0.5, 0.6) is 0 Å². The minimum absolute atomic E-state index is 0.0365. The Morgan fingerprint density at radius 3 is 2.28 bits per heavy atom. The third-order valence-electron chi connectivity index (χ3n) is 17.8. The molecule has 3 saturated heterocycles. The summed E-state index contributed by atoms with van der Waals surface area (Å²) in [6.07, 6.45) is 12.7. The molecule has 2 bridgehead atoms. The number of aryl methyl sites for hydroxylation is 1. The number of rotatable bonds is 19. The molecule has 5 aliphatic heterocycles. The van der Waals surface area contributed by atoms with Gasteiger partial charge in [0.2, 0.25) is 41.1 Å². The number of amides is 6. The zero-order valence-corrected chi connectivity index (χ0v) is 51.0. The van der Waals surface area contributed by atoms with Crippen LogP contribution in [-0.2, 0) is 54.5 Å². The predicted molar refractivity (Wildman–Crippen MR) is 332 cm³/mol. The molecule has 462 valence electrons. The van der Waals surface area contributed by atoms with Crippen molar-refractivity contribution < 1.29 is 56.2 Å². The van der Waals surface area contributed by atoms with E-state index < -0.39 is 100 Å². The molecule has 9 rings (SSSR count). The molecule has 22 nitrogen and oxygen atoms in total. The number of aliphatic imine (C=N–C) groups is 1. The zero-order chi connectivity index (χ0) is 62.7. The van der Waals surface area contributed by atoms with E-state index in [0.29, 0.717) is 43.0 Å². The number of carbonyl (C=O) groups is 7. The summed E-state index contributed by atoms with van der Waals surface area (Å²) in [5.41, 5.74) is 17.8. The number of nitrogens with zero attached hydrogens (tertiary/aromatic N) is 4. The topological polar surface area (TPSA) is 328 Å². The van der Waals surface area contributed by atoms with Crippen molar-refractivity contribution in [3.8, 4) is 0 Å². The first-order valence-electron chi connectivity index (χ1n) is 29.9. The van der Waals surface area contributed by atoms with Gasteiger partial charge in [0.15, 0.2) is 11.7 Å². The van der Waals surface area contributed by atoms with E-state index in [0.717, 1.165) is 23.5 Å². The normalized spacial score (nSPS) is 23.3. The molecular formula is C64H80N11O11S+. The summed E-state index contributed by atoms with van der Waals surface area (Å²) < 4.78 is 37.7. The maximum absolute atomic E-state index is 14.6. The Labute approximate surface area is 506 Å². The number of fused-ring (bicyclic) bond motifs is 7. The third-order valence-corrected chi connectivity index (χ3v) is 18.7. The Kier molecular flexibility index (Phi) is 18.8. The number of benzene rings is 4. The summed E-state index contributed by atoms with van der Waals surface area (Å²) in [5, 5.41) is 26.5. The molecule has 87 heavy (non-hydrogen) atoms. The molecule has 6 atom stereocenters. The molecular weight excluding hydrogens is 1130 g/mol. The van der Waals surface area contributed by atoms with Crippen LogP contribution < -0.4 is 43.0 Å². The number of carboxylic acid groups (broad SMARTS) is 1. The SMILES string of the molecule is CCN1C(=CC=CC=CC2=[N+](CCCCCC(=O)NC[C@@H]3C[C@@H]4CC[C@H]5C(=O)N[C@@H](CCCN=C(N)N)C(=O)NCC(=O)N[C@@H](CC(=O)O)C(=O)N[C@H]3C(=O)N45)c3ccc4c(S(=O)(=O)O)cccc4c3C2(C)C)C(C)(C)c2c1ccc1c(C)cccc21. The van der Waals surface area contributed by atoms with Gasteiger partial charge in [0, 0.05) is 84.3 Å². The van der Waals surface area contributed by atoms with E-state index in [1.165, 1.54) is 44.3 Å². The second-order valence-electron chi connectivity index (χ2n) is 24.3. The first kappa shape index (κ1) is 63.1. The average molecular weight is 1210 g/mol. The molecule has 0 aliphatic carbocycles. The van der Waals surface area contributed by atoms with E-state index in [2.05, 4.69) is 131 Å². The Morgan fingerprint density at radius 2 is 1.55 bits per heavy atom. The highest BCUT2D eigenvalue weighted by Crippen LogP contribution is 2.51. The van der Waals surface area contributed by atoms with Crippen LogP contribution >= 0.6 is 0 Å². The maximum atomic E-state index is 14.6. The molecule has 0 saturated carbocycles. The quantitative estimate of drug-likeness (QED) is 0.0151. The number of likely N-dealkylation sites (N-methyl/N-ethyl adjacent to an activating group) is 1. The molecule has 11 N–H and O–H groups in total. The summed E-state index contributed by atoms with van der Waals surface area (Å²) >= 11 is 0. The van der Waals surface area contributed by atoms with Gasteiger partial charge in [0.1, 0.15) is 35.6 Å². The molecule has 4 aromatic carbocycles. The first-order chi connectivity index (χ1) is 41.3. The van der Waals surface area contributed by atoms with Gasteiger partial charge in [0.05, 0.1) is 18.4 Å². The number of allylic oxidation sites excluding steroid dienone is 6. The van der Waals surface area contributed by atoms with Crippen LogP contribution in [0.2, 0.25) is 0 Å². The molecule has 3 fully saturated rings. The molecule has 0 radical (unpaired) electrons. The Bertz CT molecular complexity index is 3720. The fourth-order valence-electron chi connectivity index (χ4n) is 13.7. The number of aliphatic carboxylic acids is 1. The van der Waals surface area contributed by atoms with Gasteiger partial charge in [-0.2, -0.15) is 13.0 Å². The second kappa shape index (κ2) is 25.9. The molecule has 5 heterocycles. The number of nitrogens with two attached hydrogens (primary N) is 2. The minimum Gasteiger partial charge on any atom is -0.481 e. The highest BCUT2D eigenvalue weighted by Gasteiger charge is 2.51. The summed E-state index contributed by atoms with van der Waals surface area (Å²) in [7, 11) is -4.54. The first-order valence-corrected chi connectivity index (χ1v) is 31.4. The van der Waals surface area contributed by atoms with Crippen molar-refractivity contribution in [3.63, 3.8) is 0 Å². The van der Waals surface area contributed by atoms with E-state index in [4.69, 9.17) is 11.5 Å². The highest BCUT2D eigenvalue weighted by molar-refractivity contribution is 7.86. The van der Waals surface area contributed by atoms with Crippen LogP contribution in [0.15, 0.2) is 107 Å². The van der Waals surface area contributed by atoms with Crippen LogP contribution in [0.25, 0.3) is 21.5 Å². The van der Waals surface area contributed by atoms with E-state index in [1.54, 1.807) is 12.1 Å². The largest absolute Gasteiger partial charge is 0.481 e. The molecule has 6 amide bonds. The van der Waals surface area contributed by atoms with Crippen LogP contribution in [0, 0.1) is 12.8 Å². The number of unbranched alkanes of at least 4 members (excludes halogenated alkanes) is 2. The van der Waals surface area contributed by atoms with E-state index >= 15 is 0 Å². The van der Waals surface area contributed by atoms with Crippen LogP contribution in [0.4, 0.5) is 11.4 Å². The number of piperidine rings is 1. The van der Waals surface area contributed by atoms with Crippen LogP contribution in [0.1, 0.15) is 116 Å². The molecule has 0 aromatic heterocycles. The third kappa shape index (κ3) is 13.1. The van der Waals surface area contributed by atoms with Gasteiger partial charge in [0.25, 0.3) is 10.1 Å². The summed E-state index contributed by atoms with van der Waals surface area (Å²) in [6.45, 7) is 13.9. The van der Waals surface area contributed by atoms with Gasteiger partial charge in [-0.25, -0.2) is 0 Å². The monoisotopic (exact) mass is 1210 g/mol. The fraction of sp³-hybridized carbons (Fsp3) is 0.453. The summed E-state index contributed by atoms with van der Waals surface area (Å²) in [5.74, 6) is -6.36. The lowest BCUT2D eigenvalue weighted by molar-refractivity contribution is -0.438. The molecule has 5 aliphatic rings. The van der Waals surface area contributed by atoms with Crippen molar-refractivity contribution in [1.82, 2.24) is 31.5 Å². The van der Waals surface area contributed by atoms with Gasteiger partial charge < -0.3 is 53.0 Å². The number of guanidine groups is 1. The van der Waals surface area contributed by atoms with Crippen molar-refractivity contribution in [1.29, 1.82) is 0 Å². The lowest BCUT2D eigenvalue weighted by Gasteiger charge is -2.42. The van der Waals surface area contributed by atoms with Crippen molar-refractivity contribution in [3.05, 3.63) is 113 Å². The van der Waals surface area contributed by atoms with Crippen molar-refractivity contribution in [2.24, 2.45) is 22.4 Å². The maximum Gasteiger partial charge on any atom is 0.305 e. The summed E-state index contributed by atoms with van der Waals surface area (Å²) in [6, 6.07) is 13.9. The predicted octanol–water partition coefficient (Wildman–Crippen LogP) is 4.91. The highest BCUT2D eigenvalue weighted by atomic mass is 32.2. The van der Waals surface area contributed by atoms with Gasteiger partial charge in [-0.05, 0) is 124 Å².